The Labute approximate surface area is 66.4 Å². The zero-order valence-electron chi connectivity index (χ0n) is 7.32. The van der Waals surface area contributed by atoms with E-state index < -0.39 is 5.60 Å². The van der Waals surface area contributed by atoms with Gasteiger partial charge in [0.05, 0.1) is 5.70 Å². The standard InChI is InChI=1S/C8H13NO2/c1-5-6(2)11-8(3,4)7(10)9-5/h1-4H3,(H,9,10). The van der Waals surface area contributed by atoms with Crippen molar-refractivity contribution < 1.29 is 9.53 Å². The lowest BCUT2D eigenvalue weighted by Gasteiger charge is -2.31. The Hall–Kier alpha value is -0.990. The number of hydrogen-bond donors (Lipinski definition) is 1. The van der Waals surface area contributed by atoms with Crippen molar-refractivity contribution >= 4 is 5.91 Å². The number of allylic oxidation sites excluding steroid dienone is 2. The van der Waals surface area contributed by atoms with E-state index in [0.717, 1.165) is 11.5 Å². The molecule has 0 spiro atoms. The van der Waals surface area contributed by atoms with Gasteiger partial charge in [-0.2, -0.15) is 0 Å². The molecule has 0 aliphatic carbocycles. The van der Waals surface area contributed by atoms with Crippen molar-refractivity contribution in [3.05, 3.63) is 11.5 Å². The Bertz CT molecular complexity index is 228. The van der Waals surface area contributed by atoms with E-state index in [2.05, 4.69) is 5.32 Å². The molecule has 1 aliphatic rings. The first-order valence-electron chi connectivity index (χ1n) is 3.61. The van der Waals surface area contributed by atoms with E-state index >= 15 is 0 Å². The average Bonchev–Trinajstić information content (AvgIpc) is 1.83. The molecule has 1 aliphatic heterocycles. The maximum absolute atomic E-state index is 11.2. The van der Waals surface area contributed by atoms with Crippen LogP contribution < -0.4 is 5.32 Å². The van der Waals surface area contributed by atoms with Crippen LogP contribution in [0.5, 0.6) is 0 Å². The van der Waals surface area contributed by atoms with Gasteiger partial charge >= 0.3 is 0 Å². The first kappa shape index (κ1) is 8.11. The van der Waals surface area contributed by atoms with Gasteiger partial charge in [-0.05, 0) is 27.7 Å². The molecule has 0 atom stereocenters. The molecule has 0 fully saturated rings. The minimum Gasteiger partial charge on any atom is -0.481 e. The number of rotatable bonds is 0. The van der Waals surface area contributed by atoms with Gasteiger partial charge in [-0.1, -0.05) is 0 Å². The Balaban J connectivity index is 2.93. The maximum Gasteiger partial charge on any atom is 0.267 e. The highest BCUT2D eigenvalue weighted by molar-refractivity contribution is 5.86. The van der Waals surface area contributed by atoms with Crippen molar-refractivity contribution in [1.82, 2.24) is 5.32 Å². The Morgan fingerprint density at radius 1 is 1.36 bits per heavy atom. The Morgan fingerprint density at radius 2 is 1.91 bits per heavy atom. The highest BCUT2D eigenvalue weighted by Gasteiger charge is 2.33. The maximum atomic E-state index is 11.2. The van der Waals surface area contributed by atoms with E-state index in [-0.39, 0.29) is 5.91 Å². The molecule has 62 valence electrons. The highest BCUT2D eigenvalue weighted by atomic mass is 16.5. The lowest BCUT2D eigenvalue weighted by Crippen LogP contribution is -2.47. The van der Waals surface area contributed by atoms with Crippen LogP contribution in [0.1, 0.15) is 27.7 Å². The lowest BCUT2D eigenvalue weighted by atomic mass is 10.1. The van der Waals surface area contributed by atoms with Crippen molar-refractivity contribution in [3.8, 4) is 0 Å². The summed E-state index contributed by atoms with van der Waals surface area (Å²) >= 11 is 0. The highest BCUT2D eigenvalue weighted by Crippen LogP contribution is 2.21. The topological polar surface area (TPSA) is 38.3 Å². The van der Waals surface area contributed by atoms with Gasteiger partial charge in [-0.15, -0.1) is 0 Å². The molecule has 0 saturated heterocycles. The smallest absolute Gasteiger partial charge is 0.267 e. The molecule has 3 nitrogen and oxygen atoms in total. The van der Waals surface area contributed by atoms with Gasteiger partial charge in [0.2, 0.25) is 0 Å². The van der Waals surface area contributed by atoms with Crippen LogP contribution in [0.4, 0.5) is 0 Å². The molecule has 0 unspecified atom stereocenters. The summed E-state index contributed by atoms with van der Waals surface area (Å²) in [6.07, 6.45) is 0. The summed E-state index contributed by atoms with van der Waals surface area (Å²) in [5, 5.41) is 2.73. The third-order valence-electron chi connectivity index (χ3n) is 1.78. The van der Waals surface area contributed by atoms with Crippen LogP contribution in [0, 0.1) is 0 Å². The van der Waals surface area contributed by atoms with Crippen molar-refractivity contribution in [2.45, 2.75) is 33.3 Å². The fourth-order valence-corrected chi connectivity index (χ4v) is 0.914. The Kier molecular flexibility index (Phi) is 1.66. The van der Waals surface area contributed by atoms with E-state index in [9.17, 15) is 4.79 Å². The molecule has 1 heterocycles. The number of hydrogen-bond acceptors (Lipinski definition) is 2. The van der Waals surface area contributed by atoms with Gasteiger partial charge in [0, 0.05) is 0 Å². The molecule has 0 aromatic rings. The molecule has 0 radical (unpaired) electrons. The molecule has 11 heavy (non-hydrogen) atoms. The molecule has 1 amide bonds. The second-order valence-electron chi connectivity index (χ2n) is 3.25. The predicted octanol–water partition coefficient (Wildman–Crippen LogP) is 1.16. The lowest BCUT2D eigenvalue weighted by molar-refractivity contribution is -0.140. The van der Waals surface area contributed by atoms with Crippen LogP contribution in [-0.2, 0) is 9.53 Å². The predicted molar refractivity (Wildman–Crippen MR) is 41.7 cm³/mol. The quantitative estimate of drug-likeness (QED) is 0.570. The Morgan fingerprint density at radius 3 is 2.36 bits per heavy atom. The SMILES string of the molecule is CC1=C(C)OC(C)(C)C(=O)N1. The van der Waals surface area contributed by atoms with Crippen LogP contribution >= 0.6 is 0 Å². The number of carbonyl (C=O) groups is 1. The molecule has 0 saturated carbocycles. The van der Waals surface area contributed by atoms with Gasteiger partial charge in [-0.3, -0.25) is 4.79 Å². The molecule has 1 rings (SSSR count). The second-order valence-corrected chi connectivity index (χ2v) is 3.25. The van der Waals surface area contributed by atoms with Crippen LogP contribution in [0.2, 0.25) is 0 Å². The molecule has 0 aromatic carbocycles. The van der Waals surface area contributed by atoms with Gasteiger partial charge in [0.25, 0.3) is 5.91 Å². The first-order valence-corrected chi connectivity index (χ1v) is 3.61. The second kappa shape index (κ2) is 2.26. The number of amides is 1. The van der Waals surface area contributed by atoms with E-state index in [0.29, 0.717) is 0 Å². The summed E-state index contributed by atoms with van der Waals surface area (Å²) in [7, 11) is 0. The summed E-state index contributed by atoms with van der Waals surface area (Å²) in [5.74, 6) is 0.704. The monoisotopic (exact) mass is 155 g/mol. The van der Waals surface area contributed by atoms with E-state index in [1.807, 2.05) is 13.8 Å². The molecule has 0 bridgehead atoms. The summed E-state index contributed by atoms with van der Waals surface area (Å²) < 4.78 is 5.37. The third kappa shape index (κ3) is 1.37. The zero-order valence-corrected chi connectivity index (χ0v) is 7.32. The van der Waals surface area contributed by atoms with Crippen LogP contribution in [0.3, 0.4) is 0 Å². The third-order valence-corrected chi connectivity index (χ3v) is 1.78. The summed E-state index contributed by atoms with van der Waals surface area (Å²) in [6.45, 7) is 7.16. The molecule has 0 aromatic heterocycles. The fraction of sp³-hybridized carbons (Fsp3) is 0.625. The van der Waals surface area contributed by atoms with Gasteiger partial charge in [-0.25, -0.2) is 0 Å². The molecular formula is C8H13NO2. The van der Waals surface area contributed by atoms with Crippen LogP contribution in [0.15, 0.2) is 11.5 Å². The minimum atomic E-state index is -0.719. The van der Waals surface area contributed by atoms with Crippen molar-refractivity contribution in [3.63, 3.8) is 0 Å². The van der Waals surface area contributed by atoms with Crippen LogP contribution in [0.25, 0.3) is 0 Å². The van der Waals surface area contributed by atoms with Gasteiger partial charge in [0.1, 0.15) is 5.76 Å². The van der Waals surface area contributed by atoms with E-state index in [1.165, 1.54) is 0 Å². The van der Waals surface area contributed by atoms with Gasteiger partial charge < -0.3 is 10.1 Å². The normalized spacial score (nSPS) is 22.7. The summed E-state index contributed by atoms with van der Waals surface area (Å²) in [4.78, 5) is 11.2. The largest absolute Gasteiger partial charge is 0.481 e. The average molecular weight is 155 g/mol. The molecular weight excluding hydrogens is 142 g/mol. The van der Waals surface area contributed by atoms with E-state index in [1.54, 1.807) is 13.8 Å². The number of nitrogens with one attached hydrogen (secondary N) is 1. The van der Waals surface area contributed by atoms with E-state index in [4.69, 9.17) is 4.74 Å². The summed E-state index contributed by atoms with van der Waals surface area (Å²) in [6, 6.07) is 0. The van der Waals surface area contributed by atoms with Crippen LogP contribution in [-0.4, -0.2) is 11.5 Å². The first-order chi connectivity index (χ1) is 4.93. The summed E-state index contributed by atoms with van der Waals surface area (Å²) in [5.41, 5.74) is 0.0816. The number of ether oxygens (including phenoxy) is 1. The minimum absolute atomic E-state index is 0.0828. The molecule has 1 N–H and O–H groups in total. The van der Waals surface area contributed by atoms with Crippen molar-refractivity contribution in [2.75, 3.05) is 0 Å². The van der Waals surface area contributed by atoms with Crippen molar-refractivity contribution in [2.24, 2.45) is 0 Å². The number of carbonyl (C=O) groups excluding carboxylic acids is 1. The zero-order chi connectivity index (χ0) is 8.65. The van der Waals surface area contributed by atoms with Crippen molar-refractivity contribution in [1.29, 1.82) is 0 Å². The molecule has 3 heteroatoms. The van der Waals surface area contributed by atoms with Gasteiger partial charge in [0.15, 0.2) is 5.60 Å². The fourth-order valence-electron chi connectivity index (χ4n) is 0.914.